The number of amides is 1. The van der Waals surface area contributed by atoms with Crippen LogP contribution in [0.5, 0.6) is 0 Å². The van der Waals surface area contributed by atoms with Crippen LogP contribution in [0.4, 0.5) is 0 Å². The zero-order valence-corrected chi connectivity index (χ0v) is 33.6. The molecule has 7 atom stereocenters. The van der Waals surface area contributed by atoms with Crippen LogP contribution in [-0.2, 0) is 14.3 Å². The number of unbranched alkanes of at least 4 members (excludes halogenated alkanes) is 24. The second kappa shape index (κ2) is 34.4. The quantitative estimate of drug-likeness (QED) is 0.0277. The Labute approximate surface area is 318 Å². The van der Waals surface area contributed by atoms with E-state index in [-0.39, 0.29) is 12.5 Å². The lowest BCUT2D eigenvalue weighted by Crippen LogP contribution is -2.60. The summed E-state index contributed by atoms with van der Waals surface area (Å²) in [5.74, 6) is -0.153. The smallest absolute Gasteiger partial charge is 0.220 e. The van der Waals surface area contributed by atoms with Gasteiger partial charge in [0.2, 0.25) is 5.91 Å². The molecule has 1 fully saturated rings. The maximum Gasteiger partial charge on any atom is 0.220 e. The Balaban J connectivity index is 2.36. The van der Waals surface area contributed by atoms with E-state index in [1.807, 2.05) is 0 Å². The van der Waals surface area contributed by atoms with Gasteiger partial charge in [0.15, 0.2) is 6.29 Å². The van der Waals surface area contributed by atoms with E-state index in [2.05, 4.69) is 31.3 Å². The lowest BCUT2D eigenvalue weighted by molar-refractivity contribution is -0.302. The molecule has 0 aliphatic carbocycles. The van der Waals surface area contributed by atoms with Crippen LogP contribution in [0.25, 0.3) is 0 Å². The average molecular weight is 742 g/mol. The SMILES string of the molecule is CCCCCCCCC/C=C/CCCC[C@@H](O)[C@H](CO[C@H]1O[C@@H](CO)[C@H](O)C(O)C1O)NC(=O)CCCCCCCCCCCCCCCCCC. The Morgan fingerprint density at radius 1 is 0.635 bits per heavy atom. The van der Waals surface area contributed by atoms with Crippen LogP contribution >= 0.6 is 0 Å². The van der Waals surface area contributed by atoms with Crippen molar-refractivity contribution < 1.29 is 39.8 Å². The molecule has 0 aromatic rings. The highest BCUT2D eigenvalue weighted by Crippen LogP contribution is 2.23. The largest absolute Gasteiger partial charge is 0.394 e. The molecule has 52 heavy (non-hydrogen) atoms. The first-order valence-corrected chi connectivity index (χ1v) is 21.9. The molecule has 0 bridgehead atoms. The molecule has 1 rings (SSSR count). The highest BCUT2D eigenvalue weighted by molar-refractivity contribution is 5.76. The van der Waals surface area contributed by atoms with Gasteiger partial charge in [0.1, 0.15) is 24.4 Å². The van der Waals surface area contributed by atoms with Gasteiger partial charge >= 0.3 is 0 Å². The van der Waals surface area contributed by atoms with Crippen molar-refractivity contribution in [2.24, 2.45) is 0 Å². The van der Waals surface area contributed by atoms with Gasteiger partial charge in [-0.15, -0.1) is 0 Å². The van der Waals surface area contributed by atoms with Crippen LogP contribution < -0.4 is 5.32 Å². The van der Waals surface area contributed by atoms with Crippen LogP contribution in [0.1, 0.15) is 200 Å². The topological polar surface area (TPSA) is 149 Å². The molecule has 2 unspecified atom stereocenters. The fourth-order valence-electron chi connectivity index (χ4n) is 7.04. The lowest BCUT2D eigenvalue weighted by Gasteiger charge is -2.40. The van der Waals surface area contributed by atoms with Crippen LogP contribution in [0.2, 0.25) is 0 Å². The maximum atomic E-state index is 12.9. The Morgan fingerprint density at radius 2 is 1.08 bits per heavy atom. The van der Waals surface area contributed by atoms with Crippen molar-refractivity contribution in [3.05, 3.63) is 12.2 Å². The van der Waals surface area contributed by atoms with E-state index in [0.29, 0.717) is 12.8 Å². The van der Waals surface area contributed by atoms with Crippen molar-refractivity contribution in [1.82, 2.24) is 5.32 Å². The minimum Gasteiger partial charge on any atom is -0.394 e. The van der Waals surface area contributed by atoms with Crippen molar-refractivity contribution >= 4 is 5.91 Å². The third kappa shape index (κ3) is 25.1. The Morgan fingerprint density at radius 3 is 1.56 bits per heavy atom. The van der Waals surface area contributed by atoms with Gasteiger partial charge in [-0.2, -0.15) is 0 Å². The number of ether oxygens (including phenoxy) is 2. The molecule has 9 nitrogen and oxygen atoms in total. The number of aliphatic hydroxyl groups excluding tert-OH is 5. The zero-order valence-electron chi connectivity index (χ0n) is 33.6. The first kappa shape index (κ1) is 48.9. The molecule has 1 amide bonds. The molecule has 0 aromatic carbocycles. The minimum absolute atomic E-state index is 0.146. The number of carbonyl (C=O) groups excluding carboxylic acids is 1. The van der Waals surface area contributed by atoms with E-state index in [0.717, 1.165) is 44.9 Å². The van der Waals surface area contributed by atoms with Crippen LogP contribution in [0.3, 0.4) is 0 Å². The van der Waals surface area contributed by atoms with Crippen molar-refractivity contribution in [1.29, 1.82) is 0 Å². The van der Waals surface area contributed by atoms with E-state index in [1.165, 1.54) is 128 Å². The second-order valence-corrected chi connectivity index (χ2v) is 15.5. The van der Waals surface area contributed by atoms with Crippen LogP contribution in [-0.4, -0.2) is 87.5 Å². The molecule has 0 radical (unpaired) electrons. The maximum absolute atomic E-state index is 12.9. The van der Waals surface area contributed by atoms with Gasteiger partial charge in [-0.1, -0.05) is 167 Å². The molecule has 6 N–H and O–H groups in total. The van der Waals surface area contributed by atoms with E-state index in [4.69, 9.17) is 9.47 Å². The molecule has 308 valence electrons. The summed E-state index contributed by atoms with van der Waals surface area (Å²) in [6.45, 7) is 3.81. The highest BCUT2D eigenvalue weighted by Gasteiger charge is 2.44. The summed E-state index contributed by atoms with van der Waals surface area (Å²) in [6, 6.07) is -0.728. The summed E-state index contributed by atoms with van der Waals surface area (Å²) in [7, 11) is 0. The normalized spacial score (nSPS) is 21.9. The summed E-state index contributed by atoms with van der Waals surface area (Å²) in [4.78, 5) is 12.9. The van der Waals surface area contributed by atoms with Gasteiger partial charge in [-0.3, -0.25) is 4.79 Å². The summed E-state index contributed by atoms with van der Waals surface area (Å²) in [5, 5.41) is 54.2. The standard InChI is InChI=1S/C43H83NO8/c1-3-5-7-9-11-13-15-17-18-19-21-23-25-27-29-31-33-39(47)44-36(35-51-43-42(50)41(49)40(48)38(34-45)52-43)37(46)32-30-28-26-24-22-20-16-14-12-10-8-6-4-2/h22,24,36-38,40-43,45-46,48-50H,3-21,23,25-35H2,1-2H3,(H,44,47)/b24-22+/t36-,37+,38-,40-,41?,42?,43-/m0/s1. The monoisotopic (exact) mass is 742 g/mol. The van der Waals surface area contributed by atoms with Gasteiger partial charge in [-0.25, -0.2) is 0 Å². The molecule has 1 aliphatic heterocycles. The zero-order chi connectivity index (χ0) is 38.1. The van der Waals surface area contributed by atoms with Crippen molar-refractivity contribution in [3.8, 4) is 0 Å². The number of allylic oxidation sites excluding steroid dienone is 2. The summed E-state index contributed by atoms with van der Waals surface area (Å²) >= 11 is 0. The van der Waals surface area contributed by atoms with Gasteiger partial charge in [0.25, 0.3) is 0 Å². The number of aliphatic hydroxyl groups is 5. The Kier molecular flexibility index (Phi) is 32.4. The second-order valence-electron chi connectivity index (χ2n) is 15.5. The Bertz CT molecular complexity index is 827. The Hall–Kier alpha value is -1.07. The highest BCUT2D eigenvalue weighted by atomic mass is 16.7. The molecular weight excluding hydrogens is 658 g/mol. The van der Waals surface area contributed by atoms with Gasteiger partial charge < -0.3 is 40.3 Å². The summed E-state index contributed by atoms with van der Waals surface area (Å²) < 4.78 is 11.2. The number of hydrogen-bond acceptors (Lipinski definition) is 8. The fraction of sp³-hybridized carbons (Fsp3) is 0.930. The fourth-order valence-corrected chi connectivity index (χ4v) is 7.04. The van der Waals surface area contributed by atoms with Crippen molar-refractivity contribution in [3.63, 3.8) is 0 Å². The molecule has 9 heteroatoms. The first-order chi connectivity index (χ1) is 25.3. The third-order valence-corrected chi connectivity index (χ3v) is 10.6. The van der Waals surface area contributed by atoms with Gasteiger partial charge in [0, 0.05) is 6.42 Å². The number of nitrogens with one attached hydrogen (secondary N) is 1. The molecule has 0 saturated carbocycles. The predicted molar refractivity (Wildman–Crippen MR) is 212 cm³/mol. The van der Waals surface area contributed by atoms with Crippen LogP contribution in [0.15, 0.2) is 12.2 Å². The molecule has 0 spiro atoms. The molecule has 1 heterocycles. The third-order valence-electron chi connectivity index (χ3n) is 10.6. The summed E-state index contributed by atoms with van der Waals surface area (Å²) in [5.41, 5.74) is 0. The van der Waals surface area contributed by atoms with Crippen LogP contribution in [0, 0.1) is 0 Å². The number of carbonyl (C=O) groups is 1. The van der Waals surface area contributed by atoms with E-state index in [1.54, 1.807) is 0 Å². The van der Waals surface area contributed by atoms with E-state index < -0.39 is 49.5 Å². The average Bonchev–Trinajstić information content (AvgIpc) is 3.14. The first-order valence-electron chi connectivity index (χ1n) is 21.9. The van der Waals surface area contributed by atoms with E-state index >= 15 is 0 Å². The predicted octanol–water partition coefficient (Wildman–Crippen LogP) is 8.56. The van der Waals surface area contributed by atoms with Gasteiger partial charge in [0.05, 0.1) is 25.4 Å². The minimum atomic E-state index is -1.55. The van der Waals surface area contributed by atoms with Gasteiger partial charge in [-0.05, 0) is 38.5 Å². The molecule has 0 aromatic heterocycles. The number of rotatable bonds is 36. The molecule has 1 aliphatic rings. The lowest BCUT2D eigenvalue weighted by atomic mass is 9.99. The summed E-state index contributed by atoms with van der Waals surface area (Å²) in [6.07, 6.45) is 30.7. The molecule has 1 saturated heterocycles. The van der Waals surface area contributed by atoms with Crippen molar-refractivity contribution in [2.45, 2.75) is 243 Å². The number of hydrogen-bond donors (Lipinski definition) is 6. The van der Waals surface area contributed by atoms with Crippen molar-refractivity contribution in [2.75, 3.05) is 13.2 Å². The molecular formula is C43H83NO8. The van der Waals surface area contributed by atoms with E-state index in [9.17, 15) is 30.3 Å².